The van der Waals surface area contributed by atoms with Gasteiger partial charge in [-0.2, -0.15) is 0 Å². The normalized spacial score (nSPS) is 26.2. The molecule has 4 rings (SSSR count). The van der Waals surface area contributed by atoms with Crippen LogP contribution >= 0.6 is 0 Å². The van der Waals surface area contributed by atoms with Crippen LogP contribution in [0, 0.1) is 0 Å². The molecule has 1 atom stereocenters. The Balaban J connectivity index is 1.81. The summed E-state index contributed by atoms with van der Waals surface area (Å²) in [7, 11) is 0. The van der Waals surface area contributed by atoms with E-state index in [0.717, 1.165) is 12.6 Å². The van der Waals surface area contributed by atoms with Crippen LogP contribution in [-0.2, 0) is 19.3 Å². The van der Waals surface area contributed by atoms with Crippen LogP contribution < -0.4 is 10.2 Å². The summed E-state index contributed by atoms with van der Waals surface area (Å²) in [4.78, 5) is 2.70. The maximum Gasteiger partial charge on any atom is 0.0456 e. The predicted octanol–water partition coefficient (Wildman–Crippen LogP) is 2.29. The molecule has 1 fully saturated rings. The minimum absolute atomic E-state index is 0.725. The molecule has 1 aromatic carbocycles. The molecule has 1 aliphatic carbocycles. The summed E-state index contributed by atoms with van der Waals surface area (Å²) in [5.74, 6) is 0. The number of rotatable bonds is 0. The summed E-state index contributed by atoms with van der Waals surface area (Å²) in [5.41, 5.74) is 6.60. The predicted molar refractivity (Wildman–Crippen MR) is 75.4 cm³/mol. The molecule has 2 aliphatic heterocycles. The van der Waals surface area contributed by atoms with Gasteiger partial charge in [0.05, 0.1) is 0 Å². The van der Waals surface area contributed by atoms with Gasteiger partial charge >= 0.3 is 0 Å². The molecule has 0 bridgehead atoms. The number of hydrogen-bond acceptors (Lipinski definition) is 2. The first kappa shape index (κ1) is 10.9. The van der Waals surface area contributed by atoms with E-state index < -0.39 is 0 Å². The maximum absolute atomic E-state index is 3.54. The van der Waals surface area contributed by atoms with Gasteiger partial charge in [-0.3, -0.25) is 0 Å². The van der Waals surface area contributed by atoms with Crippen molar-refractivity contribution in [3.8, 4) is 0 Å². The monoisotopic (exact) mass is 242 g/mol. The molecule has 1 aromatic rings. The lowest BCUT2D eigenvalue weighted by molar-refractivity contribution is 0.494. The Morgan fingerprint density at radius 1 is 1.06 bits per heavy atom. The second-order valence-electron chi connectivity index (χ2n) is 6.03. The third-order valence-electron chi connectivity index (χ3n) is 4.93. The van der Waals surface area contributed by atoms with Gasteiger partial charge in [0.25, 0.3) is 0 Å². The van der Waals surface area contributed by atoms with Crippen molar-refractivity contribution >= 4 is 5.69 Å². The summed E-state index contributed by atoms with van der Waals surface area (Å²) < 4.78 is 0. The van der Waals surface area contributed by atoms with Crippen molar-refractivity contribution in [1.29, 1.82) is 0 Å². The van der Waals surface area contributed by atoms with Crippen LogP contribution in [-0.4, -0.2) is 25.7 Å². The van der Waals surface area contributed by atoms with Crippen molar-refractivity contribution < 1.29 is 0 Å². The lowest BCUT2D eigenvalue weighted by atomic mass is 9.97. The Bertz CT molecular complexity index is 466. The Morgan fingerprint density at radius 2 is 1.94 bits per heavy atom. The van der Waals surface area contributed by atoms with E-state index in [1.54, 1.807) is 22.4 Å². The van der Waals surface area contributed by atoms with E-state index in [9.17, 15) is 0 Å². The smallest absolute Gasteiger partial charge is 0.0456 e. The minimum Gasteiger partial charge on any atom is -0.365 e. The Labute approximate surface area is 109 Å². The van der Waals surface area contributed by atoms with Crippen LogP contribution in [0.25, 0.3) is 0 Å². The fourth-order valence-electron chi connectivity index (χ4n) is 4.05. The van der Waals surface area contributed by atoms with E-state index in [2.05, 4.69) is 22.3 Å². The van der Waals surface area contributed by atoms with Crippen molar-refractivity contribution in [2.45, 2.75) is 44.6 Å². The first-order valence-electron chi connectivity index (χ1n) is 7.54. The fraction of sp³-hybridized carbons (Fsp3) is 0.625. The Morgan fingerprint density at radius 3 is 2.94 bits per heavy atom. The van der Waals surface area contributed by atoms with Crippen molar-refractivity contribution in [1.82, 2.24) is 5.32 Å². The maximum atomic E-state index is 3.54. The molecule has 2 nitrogen and oxygen atoms in total. The molecule has 1 saturated heterocycles. The van der Waals surface area contributed by atoms with Gasteiger partial charge in [-0.15, -0.1) is 0 Å². The van der Waals surface area contributed by atoms with Crippen LogP contribution in [0.5, 0.6) is 0 Å². The van der Waals surface area contributed by atoms with Crippen molar-refractivity contribution in [2.24, 2.45) is 0 Å². The molecular weight excluding hydrogens is 220 g/mol. The van der Waals surface area contributed by atoms with Gasteiger partial charge in [0.1, 0.15) is 0 Å². The van der Waals surface area contributed by atoms with E-state index in [4.69, 9.17) is 0 Å². The van der Waals surface area contributed by atoms with Gasteiger partial charge in [0.2, 0.25) is 0 Å². The Kier molecular flexibility index (Phi) is 2.58. The number of fused-ring (bicyclic) bond motifs is 5. The highest BCUT2D eigenvalue weighted by Crippen LogP contribution is 2.39. The van der Waals surface area contributed by atoms with Crippen molar-refractivity contribution in [3.05, 3.63) is 28.8 Å². The molecule has 96 valence electrons. The van der Waals surface area contributed by atoms with E-state index in [0.29, 0.717) is 0 Å². The number of nitrogens with zero attached hydrogens (tertiary/aromatic N) is 1. The van der Waals surface area contributed by atoms with Crippen molar-refractivity contribution in [3.63, 3.8) is 0 Å². The number of piperazine rings is 1. The summed E-state index contributed by atoms with van der Waals surface area (Å²) in [6.07, 6.45) is 8.07. The lowest BCUT2D eigenvalue weighted by Gasteiger charge is -2.34. The van der Waals surface area contributed by atoms with E-state index in [1.165, 1.54) is 51.6 Å². The largest absolute Gasteiger partial charge is 0.365 e. The zero-order valence-corrected chi connectivity index (χ0v) is 11.0. The van der Waals surface area contributed by atoms with Crippen LogP contribution in [0.1, 0.15) is 36.0 Å². The molecule has 2 heteroatoms. The summed E-state index contributed by atoms with van der Waals surface area (Å²) >= 11 is 0. The average molecular weight is 242 g/mol. The highest BCUT2D eigenvalue weighted by atomic mass is 15.2. The fourth-order valence-corrected chi connectivity index (χ4v) is 4.05. The summed E-state index contributed by atoms with van der Waals surface area (Å²) in [5, 5.41) is 3.54. The molecule has 3 aliphatic rings. The highest BCUT2D eigenvalue weighted by molar-refractivity contribution is 5.67. The quantitative estimate of drug-likeness (QED) is 0.702. The number of hydrogen-bond donors (Lipinski definition) is 1. The van der Waals surface area contributed by atoms with Crippen LogP contribution in [0.4, 0.5) is 5.69 Å². The van der Waals surface area contributed by atoms with Gasteiger partial charge in [-0.1, -0.05) is 18.6 Å². The second kappa shape index (κ2) is 4.27. The number of aryl methyl sites for hydroxylation is 1. The standard InChI is InChI=1S/C16H22N2/c1-2-4-12-6-7-13-10-14-11-17-8-9-18(14)16(13)15(12)5-3-1/h6-7,14,17H,1-5,8-11H2. The Hall–Kier alpha value is -1.02. The molecule has 0 spiro atoms. The van der Waals surface area contributed by atoms with E-state index in [-0.39, 0.29) is 0 Å². The third-order valence-corrected chi connectivity index (χ3v) is 4.93. The van der Waals surface area contributed by atoms with Crippen LogP contribution in [0.15, 0.2) is 12.1 Å². The van der Waals surface area contributed by atoms with Gasteiger partial charge in [0.15, 0.2) is 0 Å². The molecule has 18 heavy (non-hydrogen) atoms. The van der Waals surface area contributed by atoms with E-state index in [1.807, 2.05) is 0 Å². The summed E-state index contributed by atoms with van der Waals surface area (Å²) in [6.45, 7) is 3.52. The molecule has 2 heterocycles. The minimum atomic E-state index is 0.725. The zero-order valence-electron chi connectivity index (χ0n) is 11.0. The summed E-state index contributed by atoms with van der Waals surface area (Å²) in [6, 6.07) is 5.56. The first-order chi connectivity index (χ1) is 8.93. The number of nitrogens with one attached hydrogen (secondary N) is 1. The van der Waals surface area contributed by atoms with Gasteiger partial charge in [-0.05, 0) is 48.8 Å². The number of benzene rings is 1. The molecule has 1 N–H and O–H groups in total. The first-order valence-corrected chi connectivity index (χ1v) is 7.54. The number of anilines is 1. The van der Waals surface area contributed by atoms with E-state index >= 15 is 0 Å². The van der Waals surface area contributed by atoms with Gasteiger partial charge < -0.3 is 10.2 Å². The molecule has 0 aromatic heterocycles. The van der Waals surface area contributed by atoms with Crippen LogP contribution in [0.3, 0.4) is 0 Å². The van der Waals surface area contributed by atoms with Gasteiger partial charge in [0, 0.05) is 31.4 Å². The second-order valence-corrected chi connectivity index (χ2v) is 6.03. The average Bonchev–Trinajstić information content (AvgIpc) is 2.61. The molecule has 0 radical (unpaired) electrons. The third kappa shape index (κ3) is 1.58. The molecule has 1 unspecified atom stereocenters. The molecular formula is C16H22N2. The van der Waals surface area contributed by atoms with Crippen LogP contribution in [0.2, 0.25) is 0 Å². The lowest BCUT2D eigenvalue weighted by Crippen LogP contribution is -2.49. The molecule has 0 saturated carbocycles. The van der Waals surface area contributed by atoms with Crippen molar-refractivity contribution in [2.75, 3.05) is 24.5 Å². The SMILES string of the molecule is c1cc2c(c3c1CCCCC3)N1CCNCC1C2. The van der Waals surface area contributed by atoms with Gasteiger partial charge in [-0.25, -0.2) is 0 Å². The topological polar surface area (TPSA) is 15.3 Å². The molecule has 0 amide bonds. The zero-order chi connectivity index (χ0) is 11.9. The highest BCUT2D eigenvalue weighted by Gasteiger charge is 2.33.